The molecule has 128 valence electrons. The minimum absolute atomic E-state index is 0.0375. The molecule has 1 N–H and O–H groups in total. The Kier molecular flexibility index (Phi) is 5.29. The number of aromatic nitrogens is 1. The first-order chi connectivity index (χ1) is 12.1. The molecule has 3 aromatic rings. The van der Waals surface area contributed by atoms with E-state index in [1.807, 2.05) is 54.2 Å². The number of aryl methyl sites for hydroxylation is 1. The third-order valence-electron chi connectivity index (χ3n) is 4.20. The molecule has 0 bridgehead atoms. The van der Waals surface area contributed by atoms with Crippen molar-refractivity contribution in [2.45, 2.75) is 25.9 Å². The molecule has 3 nitrogen and oxygen atoms in total. The Hall–Kier alpha value is -2.88. The van der Waals surface area contributed by atoms with Crippen molar-refractivity contribution in [3.63, 3.8) is 0 Å². The summed E-state index contributed by atoms with van der Waals surface area (Å²) in [4.78, 5) is 12.4. The van der Waals surface area contributed by atoms with E-state index in [1.165, 1.54) is 17.7 Å². The largest absolute Gasteiger partial charge is 0.352 e. The van der Waals surface area contributed by atoms with E-state index in [1.54, 1.807) is 12.1 Å². The van der Waals surface area contributed by atoms with E-state index in [-0.39, 0.29) is 17.8 Å². The van der Waals surface area contributed by atoms with Gasteiger partial charge in [-0.25, -0.2) is 4.39 Å². The van der Waals surface area contributed by atoms with Gasteiger partial charge < -0.3 is 9.88 Å². The van der Waals surface area contributed by atoms with Crippen LogP contribution in [0.5, 0.6) is 0 Å². The van der Waals surface area contributed by atoms with Gasteiger partial charge in [0.2, 0.25) is 5.91 Å². The predicted octanol–water partition coefficient (Wildman–Crippen LogP) is 4.23. The number of halogens is 1. The highest BCUT2D eigenvalue weighted by Gasteiger charge is 2.17. The van der Waals surface area contributed by atoms with Gasteiger partial charge in [-0.05, 0) is 42.3 Å². The van der Waals surface area contributed by atoms with Crippen LogP contribution in [0.1, 0.15) is 29.2 Å². The number of amides is 1. The topological polar surface area (TPSA) is 34.0 Å². The molecule has 0 spiro atoms. The highest BCUT2D eigenvalue weighted by atomic mass is 19.1. The van der Waals surface area contributed by atoms with Crippen LogP contribution in [0, 0.1) is 12.7 Å². The lowest BCUT2D eigenvalue weighted by molar-refractivity contribution is -0.121. The van der Waals surface area contributed by atoms with Gasteiger partial charge in [0.1, 0.15) is 5.82 Å². The third-order valence-corrected chi connectivity index (χ3v) is 4.20. The molecule has 1 aromatic heterocycles. The van der Waals surface area contributed by atoms with Gasteiger partial charge >= 0.3 is 0 Å². The van der Waals surface area contributed by atoms with Gasteiger partial charge in [-0.1, -0.05) is 42.0 Å². The quantitative estimate of drug-likeness (QED) is 0.718. The van der Waals surface area contributed by atoms with Crippen molar-refractivity contribution in [1.29, 1.82) is 0 Å². The summed E-state index contributed by atoms with van der Waals surface area (Å²) in [5.74, 6) is -0.313. The summed E-state index contributed by atoms with van der Waals surface area (Å²) in [6.07, 6.45) is 4.29. The van der Waals surface area contributed by atoms with E-state index in [0.717, 1.165) is 11.1 Å². The molecule has 1 heterocycles. The van der Waals surface area contributed by atoms with Gasteiger partial charge in [0, 0.05) is 18.9 Å². The summed E-state index contributed by atoms with van der Waals surface area (Å²) in [5.41, 5.74) is 3.15. The molecule has 25 heavy (non-hydrogen) atoms. The molecule has 1 amide bonds. The maximum Gasteiger partial charge on any atom is 0.222 e. The highest BCUT2D eigenvalue weighted by molar-refractivity contribution is 5.76. The average Bonchev–Trinajstić information content (AvgIpc) is 3.13. The Bertz CT molecular complexity index is 825. The van der Waals surface area contributed by atoms with Crippen molar-refractivity contribution < 1.29 is 9.18 Å². The van der Waals surface area contributed by atoms with Gasteiger partial charge in [-0.15, -0.1) is 0 Å². The first-order valence-electron chi connectivity index (χ1n) is 8.32. The fraction of sp³-hybridized carbons (Fsp3) is 0.190. The molecule has 2 aromatic carbocycles. The summed E-state index contributed by atoms with van der Waals surface area (Å²) in [7, 11) is 0. The number of nitrogens with zero attached hydrogens (tertiary/aromatic N) is 1. The van der Waals surface area contributed by atoms with E-state index in [9.17, 15) is 9.18 Å². The molecule has 0 aliphatic carbocycles. The first kappa shape index (κ1) is 17.0. The normalized spacial score (nSPS) is 11.9. The lowest BCUT2D eigenvalue weighted by Crippen LogP contribution is -2.26. The smallest absolute Gasteiger partial charge is 0.222 e. The zero-order chi connectivity index (χ0) is 17.6. The Morgan fingerprint density at radius 3 is 2.48 bits per heavy atom. The second kappa shape index (κ2) is 7.79. The number of carbonyl (C=O) groups is 1. The zero-order valence-corrected chi connectivity index (χ0v) is 14.2. The van der Waals surface area contributed by atoms with Crippen molar-refractivity contribution >= 4 is 5.91 Å². The van der Waals surface area contributed by atoms with Crippen LogP contribution in [-0.4, -0.2) is 10.5 Å². The average molecular weight is 336 g/mol. The van der Waals surface area contributed by atoms with E-state index >= 15 is 0 Å². The Labute approximate surface area is 147 Å². The molecule has 3 rings (SSSR count). The number of rotatable bonds is 6. The molecule has 4 heteroatoms. The molecule has 0 saturated carbocycles. The van der Waals surface area contributed by atoms with Crippen molar-refractivity contribution in [1.82, 2.24) is 9.88 Å². The standard InChI is InChI=1S/C21H21FN2O/c1-16-5-4-6-18(13-16)20(24-11-2-3-12-24)14-21(25)23-15-17-7-9-19(22)10-8-17/h2-13,20H,14-15H2,1H3,(H,23,25). The molecule has 0 aliphatic rings. The minimum Gasteiger partial charge on any atom is -0.352 e. The van der Waals surface area contributed by atoms with Crippen LogP contribution in [0.4, 0.5) is 4.39 Å². The van der Waals surface area contributed by atoms with E-state index in [4.69, 9.17) is 0 Å². The molecular formula is C21H21FN2O. The van der Waals surface area contributed by atoms with Crippen LogP contribution < -0.4 is 5.32 Å². The second-order valence-corrected chi connectivity index (χ2v) is 6.17. The fourth-order valence-electron chi connectivity index (χ4n) is 2.88. The second-order valence-electron chi connectivity index (χ2n) is 6.17. The summed E-state index contributed by atoms with van der Waals surface area (Å²) < 4.78 is 15.0. The van der Waals surface area contributed by atoms with Crippen LogP contribution in [0.2, 0.25) is 0 Å². The Balaban J connectivity index is 1.69. The van der Waals surface area contributed by atoms with Crippen LogP contribution in [0.15, 0.2) is 73.1 Å². The van der Waals surface area contributed by atoms with Crippen molar-refractivity contribution in [3.8, 4) is 0 Å². The minimum atomic E-state index is -0.276. The van der Waals surface area contributed by atoms with E-state index in [0.29, 0.717) is 13.0 Å². The summed E-state index contributed by atoms with van der Waals surface area (Å²) >= 11 is 0. The summed E-state index contributed by atoms with van der Waals surface area (Å²) in [5, 5.41) is 2.92. The lowest BCUT2D eigenvalue weighted by atomic mass is 10.0. The first-order valence-corrected chi connectivity index (χ1v) is 8.32. The van der Waals surface area contributed by atoms with Gasteiger partial charge in [-0.3, -0.25) is 4.79 Å². The fourth-order valence-corrected chi connectivity index (χ4v) is 2.88. The number of nitrogens with one attached hydrogen (secondary N) is 1. The van der Waals surface area contributed by atoms with Gasteiger partial charge in [0.25, 0.3) is 0 Å². The van der Waals surface area contributed by atoms with Gasteiger partial charge in [-0.2, -0.15) is 0 Å². The third kappa shape index (κ3) is 4.57. The number of benzene rings is 2. The molecule has 0 aliphatic heterocycles. The van der Waals surface area contributed by atoms with Gasteiger partial charge in [0.05, 0.1) is 12.5 Å². The molecule has 0 radical (unpaired) electrons. The lowest BCUT2D eigenvalue weighted by Gasteiger charge is -2.20. The summed E-state index contributed by atoms with van der Waals surface area (Å²) in [6.45, 7) is 2.44. The Morgan fingerprint density at radius 2 is 1.80 bits per heavy atom. The van der Waals surface area contributed by atoms with Crippen LogP contribution in [0.3, 0.4) is 0 Å². The van der Waals surface area contributed by atoms with Crippen molar-refractivity contribution in [2.75, 3.05) is 0 Å². The maximum atomic E-state index is 12.9. The van der Waals surface area contributed by atoms with E-state index in [2.05, 4.69) is 11.4 Å². The number of carbonyl (C=O) groups excluding carboxylic acids is 1. The molecule has 0 saturated heterocycles. The number of hydrogen-bond donors (Lipinski definition) is 1. The Morgan fingerprint density at radius 1 is 1.08 bits per heavy atom. The molecular weight excluding hydrogens is 315 g/mol. The maximum absolute atomic E-state index is 12.9. The summed E-state index contributed by atoms with van der Waals surface area (Å²) in [6, 6.07) is 18.2. The van der Waals surface area contributed by atoms with Crippen molar-refractivity contribution in [3.05, 3.63) is 95.6 Å². The van der Waals surface area contributed by atoms with Crippen LogP contribution in [0.25, 0.3) is 0 Å². The van der Waals surface area contributed by atoms with Gasteiger partial charge in [0.15, 0.2) is 0 Å². The van der Waals surface area contributed by atoms with Crippen LogP contribution in [-0.2, 0) is 11.3 Å². The molecule has 1 atom stereocenters. The zero-order valence-electron chi connectivity index (χ0n) is 14.2. The molecule has 1 unspecified atom stereocenters. The van der Waals surface area contributed by atoms with E-state index < -0.39 is 0 Å². The number of hydrogen-bond acceptors (Lipinski definition) is 1. The predicted molar refractivity (Wildman–Crippen MR) is 96.6 cm³/mol. The van der Waals surface area contributed by atoms with Crippen molar-refractivity contribution in [2.24, 2.45) is 0 Å². The monoisotopic (exact) mass is 336 g/mol. The molecule has 0 fully saturated rings. The van der Waals surface area contributed by atoms with Crippen LogP contribution >= 0.6 is 0 Å². The SMILES string of the molecule is Cc1cccc(C(CC(=O)NCc2ccc(F)cc2)n2cccc2)c1. The highest BCUT2D eigenvalue weighted by Crippen LogP contribution is 2.23.